The Kier molecular flexibility index (Phi) is 7.11. The average molecular weight is 230 g/mol. The average Bonchev–Trinajstić information content (AvgIpc) is 2.20. The lowest BCUT2D eigenvalue weighted by molar-refractivity contribution is -0.137. The van der Waals surface area contributed by atoms with E-state index >= 15 is 0 Å². The van der Waals surface area contributed by atoms with Gasteiger partial charge in [0.2, 0.25) is 5.91 Å². The Balaban J connectivity index is 4.11. The first kappa shape index (κ1) is 14.6. The molecule has 0 unspecified atom stereocenters. The molecule has 0 saturated heterocycles. The highest BCUT2D eigenvalue weighted by molar-refractivity contribution is 5.87. The number of hydrogen-bond acceptors (Lipinski definition) is 4. The molecule has 0 heterocycles. The minimum atomic E-state index is -0.942. The van der Waals surface area contributed by atoms with Crippen LogP contribution in [-0.4, -0.2) is 41.9 Å². The summed E-state index contributed by atoms with van der Waals surface area (Å²) in [5.74, 6) is -1.41. The van der Waals surface area contributed by atoms with E-state index in [0.717, 1.165) is 0 Å². The normalized spacial score (nSPS) is 11.9. The van der Waals surface area contributed by atoms with Gasteiger partial charge < -0.3 is 15.7 Å². The van der Waals surface area contributed by atoms with Gasteiger partial charge in [-0.2, -0.15) is 0 Å². The van der Waals surface area contributed by atoms with Crippen LogP contribution in [0.3, 0.4) is 0 Å². The van der Waals surface area contributed by atoms with Crippen molar-refractivity contribution in [3.05, 3.63) is 0 Å². The predicted octanol–water partition coefficient (Wildman–Crippen LogP) is -0.465. The number of carbonyl (C=O) groups excluding carboxylic acids is 2. The van der Waals surface area contributed by atoms with E-state index in [9.17, 15) is 14.4 Å². The van der Waals surface area contributed by atoms with E-state index < -0.39 is 12.0 Å². The fraction of sp³-hybridized carbons (Fsp3) is 0.700. The number of hydrogen-bond donors (Lipinski definition) is 3. The molecule has 92 valence electrons. The van der Waals surface area contributed by atoms with Gasteiger partial charge in [-0.1, -0.05) is 6.92 Å². The summed E-state index contributed by atoms with van der Waals surface area (Å²) >= 11 is 0. The highest BCUT2D eigenvalue weighted by atomic mass is 16.4. The fourth-order valence-electron chi connectivity index (χ4n) is 1.17. The van der Waals surface area contributed by atoms with Gasteiger partial charge in [0.05, 0.1) is 12.6 Å². The van der Waals surface area contributed by atoms with Gasteiger partial charge in [0.15, 0.2) is 0 Å². The molecule has 0 aromatic rings. The highest BCUT2D eigenvalue weighted by Gasteiger charge is 2.18. The Morgan fingerprint density at radius 2 is 1.94 bits per heavy atom. The van der Waals surface area contributed by atoms with Gasteiger partial charge >= 0.3 is 5.97 Å². The molecule has 0 fully saturated rings. The first-order valence-corrected chi connectivity index (χ1v) is 5.19. The first-order valence-electron chi connectivity index (χ1n) is 5.19. The fourth-order valence-corrected chi connectivity index (χ4v) is 1.17. The molecule has 0 saturated carbocycles. The van der Waals surface area contributed by atoms with Crippen LogP contribution < -0.4 is 10.6 Å². The van der Waals surface area contributed by atoms with Crippen molar-refractivity contribution in [2.75, 3.05) is 13.1 Å². The van der Waals surface area contributed by atoms with Crippen molar-refractivity contribution in [1.29, 1.82) is 0 Å². The van der Waals surface area contributed by atoms with Crippen LogP contribution in [0.5, 0.6) is 0 Å². The predicted molar refractivity (Wildman–Crippen MR) is 58.0 cm³/mol. The standard InChI is InChI=1S/C10H18N2O4/c1-3-11-8(4-5-9(14)15)10(16)12-6-7(2)13/h8,11H,3-6H2,1-2H3,(H,12,16)(H,14,15)/t8-/m1/s1. The van der Waals surface area contributed by atoms with Crippen molar-refractivity contribution < 1.29 is 19.5 Å². The number of nitrogens with one attached hydrogen (secondary N) is 2. The van der Waals surface area contributed by atoms with Gasteiger partial charge in [-0.05, 0) is 19.9 Å². The van der Waals surface area contributed by atoms with E-state index in [1.165, 1.54) is 6.92 Å². The summed E-state index contributed by atoms with van der Waals surface area (Å²) in [4.78, 5) is 32.6. The number of carboxylic acid groups (broad SMARTS) is 1. The lowest BCUT2D eigenvalue weighted by Crippen LogP contribution is -2.45. The molecule has 3 N–H and O–H groups in total. The van der Waals surface area contributed by atoms with E-state index in [0.29, 0.717) is 6.54 Å². The molecule has 0 rings (SSSR count). The van der Waals surface area contributed by atoms with Crippen molar-refractivity contribution in [3.63, 3.8) is 0 Å². The second kappa shape index (κ2) is 7.81. The minimum Gasteiger partial charge on any atom is -0.481 e. The maximum atomic E-state index is 11.5. The van der Waals surface area contributed by atoms with Gasteiger partial charge in [0, 0.05) is 6.42 Å². The van der Waals surface area contributed by atoms with Gasteiger partial charge in [-0.15, -0.1) is 0 Å². The molecule has 0 aliphatic heterocycles. The molecular weight excluding hydrogens is 212 g/mol. The Morgan fingerprint density at radius 1 is 1.31 bits per heavy atom. The molecule has 0 bridgehead atoms. The summed E-state index contributed by atoms with van der Waals surface area (Å²) in [6.45, 7) is 3.75. The van der Waals surface area contributed by atoms with Crippen LogP contribution in [-0.2, 0) is 14.4 Å². The highest BCUT2D eigenvalue weighted by Crippen LogP contribution is 1.97. The number of rotatable bonds is 8. The third-order valence-corrected chi connectivity index (χ3v) is 1.93. The van der Waals surface area contributed by atoms with Crippen LogP contribution in [0.1, 0.15) is 26.7 Å². The van der Waals surface area contributed by atoms with E-state index in [1.54, 1.807) is 0 Å². The zero-order valence-electron chi connectivity index (χ0n) is 9.58. The first-order chi connectivity index (χ1) is 7.47. The molecule has 0 aromatic carbocycles. The van der Waals surface area contributed by atoms with Gasteiger partial charge in [0.1, 0.15) is 5.78 Å². The smallest absolute Gasteiger partial charge is 0.303 e. The number of carbonyl (C=O) groups is 3. The van der Waals surface area contributed by atoms with Crippen LogP contribution in [0.4, 0.5) is 0 Å². The SMILES string of the molecule is CCN[C@H](CCC(=O)O)C(=O)NCC(C)=O. The quantitative estimate of drug-likeness (QED) is 0.524. The number of carboxylic acids is 1. The molecule has 1 atom stereocenters. The van der Waals surface area contributed by atoms with Crippen LogP contribution >= 0.6 is 0 Å². The number of ketones is 1. The van der Waals surface area contributed by atoms with Crippen LogP contribution in [0.2, 0.25) is 0 Å². The topological polar surface area (TPSA) is 95.5 Å². The maximum Gasteiger partial charge on any atom is 0.303 e. The summed E-state index contributed by atoms with van der Waals surface area (Å²) in [7, 11) is 0. The number of amides is 1. The lowest BCUT2D eigenvalue weighted by Gasteiger charge is -2.16. The molecule has 16 heavy (non-hydrogen) atoms. The molecular formula is C10H18N2O4. The molecule has 6 heteroatoms. The summed E-state index contributed by atoms with van der Waals surface area (Å²) < 4.78 is 0. The largest absolute Gasteiger partial charge is 0.481 e. The van der Waals surface area contributed by atoms with E-state index in [2.05, 4.69) is 10.6 Å². The van der Waals surface area contributed by atoms with Crippen molar-refractivity contribution in [2.45, 2.75) is 32.7 Å². The summed E-state index contributed by atoms with van der Waals surface area (Å²) in [6, 6.07) is -0.555. The monoisotopic (exact) mass is 230 g/mol. The van der Waals surface area contributed by atoms with E-state index in [4.69, 9.17) is 5.11 Å². The summed E-state index contributed by atoms with van der Waals surface area (Å²) in [5.41, 5.74) is 0. The molecule has 0 aliphatic rings. The van der Waals surface area contributed by atoms with Gasteiger partial charge in [-0.25, -0.2) is 0 Å². The van der Waals surface area contributed by atoms with Crippen LogP contribution in [0.15, 0.2) is 0 Å². The minimum absolute atomic E-state index is 0.0200. The summed E-state index contributed by atoms with van der Waals surface area (Å²) in [6.07, 6.45) is 0.137. The second-order valence-corrected chi connectivity index (χ2v) is 3.46. The van der Waals surface area contributed by atoms with Crippen molar-refractivity contribution in [2.24, 2.45) is 0 Å². The number of aliphatic carboxylic acids is 1. The van der Waals surface area contributed by atoms with Gasteiger partial charge in [-0.3, -0.25) is 14.4 Å². The van der Waals surface area contributed by atoms with Crippen molar-refractivity contribution in [1.82, 2.24) is 10.6 Å². The second-order valence-electron chi connectivity index (χ2n) is 3.46. The molecule has 0 spiro atoms. The van der Waals surface area contributed by atoms with Crippen molar-refractivity contribution >= 4 is 17.7 Å². The van der Waals surface area contributed by atoms with E-state index in [-0.39, 0.29) is 31.1 Å². The molecule has 0 aliphatic carbocycles. The lowest BCUT2D eigenvalue weighted by atomic mass is 10.1. The van der Waals surface area contributed by atoms with Crippen molar-refractivity contribution in [3.8, 4) is 0 Å². The molecule has 1 amide bonds. The third kappa shape index (κ3) is 6.94. The third-order valence-electron chi connectivity index (χ3n) is 1.93. The van der Waals surface area contributed by atoms with E-state index in [1.807, 2.05) is 6.92 Å². The molecule has 0 radical (unpaired) electrons. The Morgan fingerprint density at radius 3 is 2.38 bits per heavy atom. The van der Waals surface area contributed by atoms with Crippen LogP contribution in [0.25, 0.3) is 0 Å². The Bertz CT molecular complexity index is 266. The zero-order valence-corrected chi connectivity index (χ0v) is 9.58. The zero-order chi connectivity index (χ0) is 12.6. The van der Waals surface area contributed by atoms with Gasteiger partial charge in [0.25, 0.3) is 0 Å². The Hall–Kier alpha value is -1.43. The van der Waals surface area contributed by atoms with Crippen LogP contribution in [0, 0.1) is 0 Å². The molecule has 6 nitrogen and oxygen atoms in total. The summed E-state index contributed by atoms with van der Waals surface area (Å²) in [5, 5.41) is 13.8. The molecule has 0 aromatic heterocycles. The number of likely N-dealkylation sites (N-methyl/N-ethyl adjacent to an activating group) is 1. The Labute approximate surface area is 94.4 Å². The number of Topliss-reactive ketones (excluding diaryl/α,β-unsaturated/α-hetero) is 1. The maximum absolute atomic E-state index is 11.5.